The molecule has 1 amide bonds. The fourth-order valence-corrected chi connectivity index (χ4v) is 3.39. The van der Waals surface area contributed by atoms with Crippen LogP contribution in [0.5, 0.6) is 0 Å². The van der Waals surface area contributed by atoms with E-state index in [-0.39, 0.29) is 23.5 Å². The van der Waals surface area contributed by atoms with Gasteiger partial charge in [0.15, 0.2) is 11.3 Å². The van der Waals surface area contributed by atoms with Gasteiger partial charge in [-0.25, -0.2) is 9.50 Å². The second kappa shape index (κ2) is 6.78. The molecule has 27 heavy (non-hydrogen) atoms. The van der Waals surface area contributed by atoms with E-state index in [1.807, 2.05) is 47.4 Å². The topological polar surface area (TPSA) is 59.7 Å². The second-order valence-electron chi connectivity index (χ2n) is 8.04. The van der Waals surface area contributed by atoms with E-state index in [4.69, 9.17) is 4.74 Å². The van der Waals surface area contributed by atoms with Gasteiger partial charge >= 0.3 is 0 Å². The van der Waals surface area contributed by atoms with Gasteiger partial charge in [-0.3, -0.25) is 4.79 Å². The molecule has 4 rings (SSSR count). The molecule has 1 fully saturated rings. The molecule has 1 saturated heterocycles. The molecule has 0 aliphatic carbocycles. The first-order valence-electron chi connectivity index (χ1n) is 9.22. The van der Waals surface area contributed by atoms with Crippen LogP contribution in [0.3, 0.4) is 0 Å². The monoisotopic (exact) mass is 364 g/mol. The molecule has 1 aromatic carbocycles. The van der Waals surface area contributed by atoms with Crippen LogP contribution in [0.2, 0.25) is 0 Å². The number of rotatable bonds is 2. The number of carbonyl (C=O) groups is 1. The summed E-state index contributed by atoms with van der Waals surface area (Å²) in [5, 5.41) is 4.28. The molecule has 1 aliphatic rings. The summed E-state index contributed by atoms with van der Waals surface area (Å²) >= 11 is 0. The number of ether oxygens (including phenoxy) is 1. The Labute approximate surface area is 158 Å². The number of nitrogens with zero attached hydrogens (tertiary/aromatic N) is 4. The van der Waals surface area contributed by atoms with Gasteiger partial charge < -0.3 is 9.64 Å². The molecular weight excluding hydrogens is 340 g/mol. The van der Waals surface area contributed by atoms with Crippen LogP contribution in [0.1, 0.15) is 42.9 Å². The number of aromatic nitrogens is 3. The molecule has 6 nitrogen and oxygen atoms in total. The van der Waals surface area contributed by atoms with Crippen LogP contribution in [-0.4, -0.2) is 44.6 Å². The quantitative estimate of drug-likeness (QED) is 0.700. The maximum Gasteiger partial charge on any atom is 0.274 e. The summed E-state index contributed by atoms with van der Waals surface area (Å²) in [5.74, 6) is -0.0697. The summed E-state index contributed by atoms with van der Waals surface area (Å²) in [6, 6.07) is 13.7. The minimum absolute atomic E-state index is 0.0625. The maximum atomic E-state index is 13.3. The lowest BCUT2D eigenvalue weighted by Crippen LogP contribution is -2.51. The predicted octanol–water partition coefficient (Wildman–Crippen LogP) is 3.36. The highest BCUT2D eigenvalue weighted by molar-refractivity contribution is 5.93. The first-order chi connectivity index (χ1) is 12.9. The van der Waals surface area contributed by atoms with E-state index in [0.29, 0.717) is 24.4 Å². The number of benzene rings is 1. The maximum absolute atomic E-state index is 13.3. The molecule has 3 aromatic rings. The van der Waals surface area contributed by atoms with Gasteiger partial charge in [-0.15, -0.1) is 0 Å². The summed E-state index contributed by atoms with van der Waals surface area (Å²) in [6.45, 7) is 7.48. The van der Waals surface area contributed by atoms with Gasteiger partial charge in [0.2, 0.25) is 0 Å². The second-order valence-corrected chi connectivity index (χ2v) is 8.04. The van der Waals surface area contributed by atoms with Crippen molar-refractivity contribution in [3.63, 3.8) is 0 Å². The van der Waals surface area contributed by atoms with Crippen LogP contribution >= 0.6 is 0 Å². The van der Waals surface area contributed by atoms with E-state index < -0.39 is 0 Å². The zero-order valence-corrected chi connectivity index (χ0v) is 15.9. The van der Waals surface area contributed by atoms with E-state index in [1.165, 1.54) is 0 Å². The van der Waals surface area contributed by atoms with E-state index >= 15 is 0 Å². The third-order valence-electron chi connectivity index (χ3n) is 5.02. The Bertz CT molecular complexity index is 945. The van der Waals surface area contributed by atoms with Crippen molar-refractivity contribution >= 4 is 11.6 Å². The highest BCUT2D eigenvalue weighted by atomic mass is 16.5. The molecule has 6 heteroatoms. The molecule has 0 spiro atoms. The normalized spacial score (nSPS) is 20.8. The summed E-state index contributed by atoms with van der Waals surface area (Å²) in [4.78, 5) is 19.5. The molecule has 0 N–H and O–H groups in total. The van der Waals surface area contributed by atoms with E-state index in [9.17, 15) is 4.79 Å². The lowest BCUT2D eigenvalue weighted by molar-refractivity contribution is -0.119. The Morgan fingerprint density at radius 1 is 1.11 bits per heavy atom. The van der Waals surface area contributed by atoms with Crippen LogP contribution < -0.4 is 0 Å². The zero-order chi connectivity index (χ0) is 19.0. The number of fused-ring (bicyclic) bond motifs is 1. The van der Waals surface area contributed by atoms with Gasteiger partial charge in [-0.2, -0.15) is 5.10 Å². The number of carbonyl (C=O) groups excluding carboxylic acids is 1. The number of imidazole rings is 1. The molecule has 0 saturated carbocycles. The number of hydrogen-bond acceptors (Lipinski definition) is 4. The van der Waals surface area contributed by atoms with Crippen molar-refractivity contribution in [1.29, 1.82) is 0 Å². The van der Waals surface area contributed by atoms with Crippen molar-refractivity contribution in [2.45, 2.75) is 33.0 Å². The van der Waals surface area contributed by atoms with Gasteiger partial charge in [0, 0.05) is 12.7 Å². The average Bonchev–Trinajstić information content (AvgIpc) is 3.11. The summed E-state index contributed by atoms with van der Waals surface area (Å²) in [6.07, 6.45) is 3.05. The van der Waals surface area contributed by atoms with Crippen molar-refractivity contribution in [3.8, 4) is 0 Å². The Morgan fingerprint density at radius 2 is 1.89 bits per heavy atom. The Balaban J connectivity index is 1.67. The number of hydrogen-bond donors (Lipinski definition) is 0. The first kappa shape index (κ1) is 17.7. The molecule has 0 bridgehead atoms. The standard InChI is InChI=1S/C21H24N4O2/c1-21(2,3)18-14-24(13-17(27-18)15-8-5-4-6-9-15)20(26)16-12-22-19-10-7-11-23-25(16)19/h4-12,17-18H,13-14H2,1-3H3/t17-,18+/m0/s1. The molecule has 2 atom stereocenters. The van der Waals surface area contributed by atoms with Crippen LogP contribution in [0.25, 0.3) is 5.65 Å². The van der Waals surface area contributed by atoms with Crippen molar-refractivity contribution in [2.24, 2.45) is 5.41 Å². The molecule has 140 valence electrons. The van der Waals surface area contributed by atoms with Gasteiger partial charge in [-0.1, -0.05) is 51.1 Å². The van der Waals surface area contributed by atoms with Gasteiger partial charge in [0.25, 0.3) is 5.91 Å². The smallest absolute Gasteiger partial charge is 0.274 e. The molecular formula is C21H24N4O2. The number of amides is 1. The lowest BCUT2D eigenvalue weighted by Gasteiger charge is -2.43. The molecule has 1 aliphatic heterocycles. The highest BCUT2D eigenvalue weighted by Gasteiger charge is 2.38. The predicted molar refractivity (Wildman–Crippen MR) is 102 cm³/mol. The number of morpholine rings is 1. The summed E-state index contributed by atoms with van der Waals surface area (Å²) in [7, 11) is 0. The highest BCUT2D eigenvalue weighted by Crippen LogP contribution is 2.34. The lowest BCUT2D eigenvalue weighted by atomic mass is 9.87. The average molecular weight is 364 g/mol. The third kappa shape index (κ3) is 3.45. The van der Waals surface area contributed by atoms with Gasteiger partial charge in [0.1, 0.15) is 6.10 Å². The van der Waals surface area contributed by atoms with Crippen molar-refractivity contribution in [3.05, 3.63) is 66.1 Å². The summed E-state index contributed by atoms with van der Waals surface area (Å²) in [5.41, 5.74) is 2.15. The minimum atomic E-state index is -0.153. The SMILES string of the molecule is CC(C)(C)[C@H]1CN(C(=O)c2cnc3cccnn23)C[C@@H](c2ccccc2)O1. The third-order valence-corrected chi connectivity index (χ3v) is 5.02. The van der Waals surface area contributed by atoms with Crippen LogP contribution in [-0.2, 0) is 4.74 Å². The largest absolute Gasteiger partial charge is 0.366 e. The zero-order valence-electron chi connectivity index (χ0n) is 15.9. The molecule has 2 aromatic heterocycles. The summed E-state index contributed by atoms with van der Waals surface area (Å²) < 4.78 is 7.99. The van der Waals surface area contributed by atoms with Crippen molar-refractivity contribution in [1.82, 2.24) is 19.5 Å². The van der Waals surface area contributed by atoms with Crippen molar-refractivity contribution in [2.75, 3.05) is 13.1 Å². The van der Waals surface area contributed by atoms with E-state index in [0.717, 1.165) is 5.56 Å². The van der Waals surface area contributed by atoms with E-state index in [2.05, 4.69) is 30.9 Å². The molecule has 3 heterocycles. The van der Waals surface area contributed by atoms with Gasteiger partial charge in [-0.05, 0) is 23.1 Å². The van der Waals surface area contributed by atoms with Crippen LogP contribution in [0, 0.1) is 5.41 Å². The van der Waals surface area contributed by atoms with Gasteiger partial charge in [0.05, 0.1) is 18.8 Å². The fraction of sp³-hybridized carbons (Fsp3) is 0.381. The van der Waals surface area contributed by atoms with Crippen LogP contribution in [0.4, 0.5) is 0 Å². The minimum Gasteiger partial charge on any atom is -0.366 e. The fourth-order valence-electron chi connectivity index (χ4n) is 3.39. The molecule has 0 radical (unpaired) electrons. The van der Waals surface area contributed by atoms with Crippen molar-refractivity contribution < 1.29 is 9.53 Å². The Morgan fingerprint density at radius 3 is 2.63 bits per heavy atom. The molecule has 0 unspecified atom stereocenters. The first-order valence-corrected chi connectivity index (χ1v) is 9.22. The van der Waals surface area contributed by atoms with Crippen LogP contribution in [0.15, 0.2) is 54.9 Å². The Kier molecular flexibility index (Phi) is 4.44. The Hall–Kier alpha value is -2.73. The van der Waals surface area contributed by atoms with E-state index in [1.54, 1.807) is 16.9 Å².